The molecule has 0 amide bonds. The Morgan fingerprint density at radius 1 is 0.394 bits per heavy atom. The van der Waals surface area contributed by atoms with Crippen molar-refractivity contribution in [2.24, 2.45) is 0 Å². The Morgan fingerprint density at radius 3 is 1.33 bits per heavy atom. The molecule has 0 unspecified atom stereocenters. The molecule has 2 nitrogen and oxygen atoms in total. The van der Waals surface area contributed by atoms with Gasteiger partial charge in [-0.25, -0.2) is 0 Å². The van der Waals surface area contributed by atoms with E-state index in [-0.39, 0.29) is 0 Å². The van der Waals surface area contributed by atoms with E-state index in [2.05, 4.69) is 118 Å². The molecule has 0 atom stereocenters. The first kappa shape index (κ1) is 16.5. The lowest BCUT2D eigenvalue weighted by Crippen LogP contribution is -2.65. The second kappa shape index (κ2) is 5.28. The third-order valence-corrected chi connectivity index (χ3v) is 12.6. The fraction of sp³-hybridized carbons (Fsp3) is 0. The molecule has 0 fully saturated rings. The fourth-order valence-electron chi connectivity index (χ4n) is 6.94. The van der Waals surface area contributed by atoms with Gasteiger partial charge in [-0.3, -0.25) is 0 Å². The molecule has 152 valence electrons. The van der Waals surface area contributed by atoms with E-state index in [1.54, 1.807) is 0 Å². The van der Waals surface area contributed by atoms with Crippen molar-refractivity contribution in [3.63, 3.8) is 0 Å². The molecule has 3 heteroatoms. The van der Waals surface area contributed by atoms with Gasteiger partial charge in [-0.15, -0.1) is 0 Å². The van der Waals surface area contributed by atoms with Crippen molar-refractivity contribution in [3.8, 4) is 11.1 Å². The van der Waals surface area contributed by atoms with Crippen LogP contribution < -0.4 is 10.4 Å². The Labute approximate surface area is 191 Å². The quantitative estimate of drug-likeness (QED) is 0.265. The highest BCUT2D eigenvalue weighted by atomic mass is 28.3. The lowest BCUT2D eigenvalue weighted by molar-refractivity contribution is 1.22. The summed E-state index contributed by atoms with van der Waals surface area (Å²) in [5.74, 6) is 0. The van der Waals surface area contributed by atoms with Crippen LogP contribution >= 0.6 is 0 Å². The summed E-state index contributed by atoms with van der Waals surface area (Å²) in [6, 6.07) is 41.0. The van der Waals surface area contributed by atoms with Gasteiger partial charge in [-0.1, -0.05) is 97.1 Å². The summed E-state index contributed by atoms with van der Waals surface area (Å²) >= 11 is 0. The molecule has 0 aliphatic carbocycles. The first-order chi connectivity index (χ1) is 16.4. The summed E-state index contributed by atoms with van der Waals surface area (Å²) in [7, 11) is -2.61. The summed E-state index contributed by atoms with van der Waals surface area (Å²) in [4.78, 5) is 0. The van der Waals surface area contributed by atoms with E-state index in [0.717, 1.165) is 0 Å². The normalized spacial score (nSPS) is 14.9. The smallest absolute Gasteiger partial charge is 0.340 e. The lowest BCUT2D eigenvalue weighted by Gasteiger charge is -2.31. The van der Waals surface area contributed by atoms with Crippen molar-refractivity contribution in [3.05, 3.63) is 109 Å². The minimum absolute atomic E-state index is 1.35. The highest BCUT2D eigenvalue weighted by molar-refractivity contribution is 7.06. The molecule has 0 N–H and O–H groups in total. The number of rotatable bonds is 0. The van der Waals surface area contributed by atoms with Gasteiger partial charge >= 0.3 is 8.40 Å². The van der Waals surface area contributed by atoms with Crippen LogP contribution in [0.25, 0.3) is 54.7 Å². The lowest BCUT2D eigenvalue weighted by atomic mass is 10.1. The van der Waals surface area contributed by atoms with E-state index in [4.69, 9.17) is 0 Å². The SMILES string of the molecule is c1ccc2c(c1)-c1ccccc1[Si]21n2c3ccccc3c3ccc4c5ccccc5n1c4c32. The fourth-order valence-corrected chi connectivity index (χ4v) is 12.4. The molecular formula is C30H18N2Si. The van der Waals surface area contributed by atoms with Crippen LogP contribution in [0.3, 0.4) is 0 Å². The van der Waals surface area contributed by atoms with E-state index >= 15 is 0 Å². The van der Waals surface area contributed by atoms with E-state index in [1.807, 2.05) is 0 Å². The van der Waals surface area contributed by atoms with Crippen molar-refractivity contribution in [2.75, 3.05) is 0 Å². The molecule has 7 aromatic rings. The van der Waals surface area contributed by atoms with Crippen LogP contribution in [-0.2, 0) is 0 Å². The Morgan fingerprint density at radius 2 is 0.818 bits per heavy atom. The molecule has 2 aliphatic heterocycles. The topological polar surface area (TPSA) is 9.86 Å². The molecule has 2 aromatic heterocycles. The summed E-state index contributed by atoms with van der Waals surface area (Å²) in [6.07, 6.45) is 0. The molecule has 33 heavy (non-hydrogen) atoms. The van der Waals surface area contributed by atoms with Crippen molar-refractivity contribution < 1.29 is 0 Å². The number of hydrogen-bond acceptors (Lipinski definition) is 0. The number of aromatic nitrogens is 2. The van der Waals surface area contributed by atoms with Gasteiger partial charge in [-0.2, -0.15) is 0 Å². The van der Waals surface area contributed by atoms with E-state index in [9.17, 15) is 0 Å². The third kappa shape index (κ3) is 1.58. The monoisotopic (exact) mass is 434 g/mol. The standard InChI is InChI=1S/C30H18N2Si/c1-5-13-25-19(9-1)23-17-18-24-20-10-2-6-14-26(20)32-30(24)29(23)31(25)33(32)27-15-7-3-11-21(27)22-12-4-8-16-28(22)33/h1-18H. The molecule has 5 aromatic carbocycles. The maximum absolute atomic E-state index is 2.77. The number of para-hydroxylation sites is 2. The number of nitrogens with zero attached hydrogens (tertiary/aromatic N) is 2. The second-order valence-corrected chi connectivity index (χ2v) is 12.6. The Kier molecular flexibility index (Phi) is 2.64. The van der Waals surface area contributed by atoms with Crippen LogP contribution in [-0.4, -0.2) is 16.9 Å². The number of hydrogen-bond donors (Lipinski definition) is 0. The van der Waals surface area contributed by atoms with E-state index in [0.29, 0.717) is 0 Å². The van der Waals surface area contributed by atoms with Gasteiger partial charge in [0, 0.05) is 32.6 Å². The van der Waals surface area contributed by atoms with Gasteiger partial charge in [0.15, 0.2) is 0 Å². The van der Waals surface area contributed by atoms with E-state index in [1.165, 1.54) is 65.1 Å². The maximum Gasteiger partial charge on any atom is 0.341 e. The molecule has 4 heterocycles. The van der Waals surface area contributed by atoms with Gasteiger partial charge in [-0.05, 0) is 33.6 Å². The number of benzene rings is 5. The molecule has 9 rings (SSSR count). The molecule has 0 radical (unpaired) electrons. The molecule has 0 saturated heterocycles. The van der Waals surface area contributed by atoms with Gasteiger partial charge in [0.25, 0.3) is 0 Å². The molecule has 2 aliphatic rings. The highest BCUT2D eigenvalue weighted by Crippen LogP contribution is 2.48. The molecule has 1 spiro atoms. The summed E-state index contributed by atoms with van der Waals surface area (Å²) in [5.41, 5.74) is 8.30. The Balaban J connectivity index is 1.69. The first-order valence-corrected chi connectivity index (χ1v) is 13.5. The van der Waals surface area contributed by atoms with Crippen molar-refractivity contribution in [1.82, 2.24) is 8.47 Å². The maximum atomic E-state index is 2.77. The second-order valence-electron chi connectivity index (χ2n) is 9.33. The largest absolute Gasteiger partial charge is 0.341 e. The predicted molar refractivity (Wildman–Crippen MR) is 140 cm³/mol. The van der Waals surface area contributed by atoms with Crippen molar-refractivity contribution in [2.45, 2.75) is 0 Å². The average Bonchev–Trinajstić information content (AvgIpc) is 3.57. The molecule has 0 saturated carbocycles. The van der Waals surface area contributed by atoms with Crippen LogP contribution in [0, 0.1) is 0 Å². The van der Waals surface area contributed by atoms with Gasteiger partial charge in [0.05, 0.1) is 11.0 Å². The van der Waals surface area contributed by atoms with Crippen LogP contribution in [0.4, 0.5) is 0 Å². The zero-order valence-electron chi connectivity index (χ0n) is 17.8. The predicted octanol–water partition coefficient (Wildman–Crippen LogP) is 5.85. The Bertz CT molecular complexity index is 1840. The third-order valence-electron chi connectivity index (χ3n) is 8.01. The number of fused-ring (bicyclic) bond motifs is 13. The molecule has 0 bridgehead atoms. The molecular weight excluding hydrogens is 416 g/mol. The van der Waals surface area contributed by atoms with Gasteiger partial charge < -0.3 is 8.47 Å². The van der Waals surface area contributed by atoms with Crippen LogP contribution in [0.2, 0.25) is 0 Å². The van der Waals surface area contributed by atoms with Crippen molar-refractivity contribution >= 4 is 62.4 Å². The minimum atomic E-state index is -2.61. The van der Waals surface area contributed by atoms with Crippen LogP contribution in [0.5, 0.6) is 0 Å². The Hall–Kier alpha value is -4.08. The average molecular weight is 435 g/mol. The first-order valence-electron chi connectivity index (χ1n) is 11.6. The zero-order chi connectivity index (χ0) is 21.3. The highest BCUT2D eigenvalue weighted by Gasteiger charge is 2.56. The van der Waals surface area contributed by atoms with Crippen LogP contribution in [0.1, 0.15) is 0 Å². The summed E-state index contributed by atoms with van der Waals surface area (Å²) in [6.45, 7) is 0. The van der Waals surface area contributed by atoms with Crippen molar-refractivity contribution in [1.29, 1.82) is 0 Å². The van der Waals surface area contributed by atoms with E-state index < -0.39 is 8.40 Å². The van der Waals surface area contributed by atoms with Gasteiger partial charge in [0.1, 0.15) is 0 Å². The van der Waals surface area contributed by atoms with Gasteiger partial charge in [0.2, 0.25) is 0 Å². The summed E-state index contributed by atoms with van der Waals surface area (Å²) < 4.78 is 5.55. The zero-order valence-corrected chi connectivity index (χ0v) is 18.8. The minimum Gasteiger partial charge on any atom is -0.340 e. The summed E-state index contributed by atoms with van der Waals surface area (Å²) in [5, 5.41) is 8.45. The van der Waals surface area contributed by atoms with Crippen LogP contribution in [0.15, 0.2) is 109 Å².